The molecule has 0 rings (SSSR count). The fraction of sp³-hybridized carbons (Fsp3) is 0.727. The molecule has 0 aromatic rings. The summed E-state index contributed by atoms with van der Waals surface area (Å²) < 4.78 is 16.7. The van der Waals surface area contributed by atoms with E-state index in [1.54, 1.807) is 0 Å². The number of hydrogen-bond acceptors (Lipinski definition) is 6. The molecule has 6 heteroatoms. The molecule has 61 heavy (non-hydrogen) atoms. The second kappa shape index (κ2) is 49.5. The third-order valence-corrected chi connectivity index (χ3v) is 10.7. The summed E-state index contributed by atoms with van der Waals surface area (Å²) in [6.07, 6.45) is 61.7. The first-order valence-electron chi connectivity index (χ1n) is 25.4. The maximum Gasteiger partial charge on any atom is 0.306 e. The van der Waals surface area contributed by atoms with E-state index in [0.717, 1.165) is 89.9 Å². The van der Waals surface area contributed by atoms with E-state index in [0.29, 0.717) is 19.3 Å². The van der Waals surface area contributed by atoms with E-state index < -0.39 is 6.10 Å². The van der Waals surface area contributed by atoms with Crippen molar-refractivity contribution in [1.29, 1.82) is 0 Å². The van der Waals surface area contributed by atoms with Crippen LogP contribution in [0, 0.1) is 0 Å². The van der Waals surface area contributed by atoms with Gasteiger partial charge in [0.2, 0.25) is 0 Å². The number of unbranched alkanes of at least 4 members (excludes halogenated alkanes) is 22. The lowest BCUT2D eigenvalue weighted by atomic mass is 10.1. The van der Waals surface area contributed by atoms with Gasteiger partial charge in [-0.05, 0) is 109 Å². The average Bonchev–Trinajstić information content (AvgIpc) is 3.26. The highest BCUT2D eigenvalue weighted by Crippen LogP contribution is 2.13. The predicted molar refractivity (Wildman–Crippen MR) is 261 cm³/mol. The standard InChI is InChI=1S/C55H94O6/c1-4-7-10-13-16-19-22-25-27-28-29-31-33-36-39-42-45-48-54(57)60-51-52(50-59-53(56)47-44-41-38-35-32-24-21-18-15-12-9-6-3)61-55(58)49-46-43-40-37-34-30-26-23-20-17-14-11-8-5-2/h16,18-19,21,25,27,29-31,34,36,39,52H,4-15,17,20,22-24,26,28,32-33,35,37-38,40-51H2,1-3H3/b19-16-,21-18-,27-25-,31-29-,34-30-,39-36-. The number of carbonyl (C=O) groups excluding carboxylic acids is 3. The van der Waals surface area contributed by atoms with Crippen LogP contribution in [0.4, 0.5) is 0 Å². The molecule has 1 atom stereocenters. The third-order valence-electron chi connectivity index (χ3n) is 10.7. The van der Waals surface area contributed by atoms with Crippen molar-refractivity contribution >= 4 is 17.9 Å². The Hall–Kier alpha value is -3.15. The molecular weight excluding hydrogens is 757 g/mol. The van der Waals surface area contributed by atoms with Crippen LogP contribution in [-0.2, 0) is 28.6 Å². The number of hydrogen-bond donors (Lipinski definition) is 0. The molecule has 0 radical (unpaired) electrons. The maximum absolute atomic E-state index is 12.8. The van der Waals surface area contributed by atoms with Crippen molar-refractivity contribution in [2.45, 2.75) is 245 Å². The molecule has 0 saturated carbocycles. The summed E-state index contributed by atoms with van der Waals surface area (Å²) in [6, 6.07) is 0. The highest BCUT2D eigenvalue weighted by atomic mass is 16.6. The summed E-state index contributed by atoms with van der Waals surface area (Å²) in [5, 5.41) is 0. The van der Waals surface area contributed by atoms with Gasteiger partial charge in [0.05, 0.1) is 0 Å². The van der Waals surface area contributed by atoms with Crippen LogP contribution in [0.25, 0.3) is 0 Å². The summed E-state index contributed by atoms with van der Waals surface area (Å²) in [5.74, 6) is -0.986. The molecule has 0 aromatic heterocycles. The van der Waals surface area contributed by atoms with E-state index in [1.165, 1.54) is 103 Å². The zero-order valence-corrected chi connectivity index (χ0v) is 39.9. The Morgan fingerprint density at radius 1 is 0.328 bits per heavy atom. The first-order chi connectivity index (χ1) is 30.0. The monoisotopic (exact) mass is 851 g/mol. The van der Waals surface area contributed by atoms with Gasteiger partial charge in [-0.2, -0.15) is 0 Å². The Morgan fingerprint density at radius 2 is 0.607 bits per heavy atom. The zero-order valence-electron chi connectivity index (χ0n) is 39.9. The van der Waals surface area contributed by atoms with Crippen molar-refractivity contribution < 1.29 is 28.6 Å². The van der Waals surface area contributed by atoms with Crippen LogP contribution < -0.4 is 0 Å². The Kier molecular flexibility index (Phi) is 46.9. The molecule has 0 aliphatic rings. The quantitative estimate of drug-likeness (QED) is 0.0263. The Balaban J connectivity index is 4.50. The van der Waals surface area contributed by atoms with Gasteiger partial charge in [-0.1, -0.05) is 184 Å². The van der Waals surface area contributed by atoms with E-state index in [2.05, 4.69) is 93.7 Å². The summed E-state index contributed by atoms with van der Waals surface area (Å²) >= 11 is 0. The Morgan fingerprint density at radius 3 is 1.05 bits per heavy atom. The van der Waals surface area contributed by atoms with E-state index in [4.69, 9.17) is 14.2 Å². The highest BCUT2D eigenvalue weighted by molar-refractivity contribution is 5.71. The van der Waals surface area contributed by atoms with Gasteiger partial charge < -0.3 is 14.2 Å². The smallest absolute Gasteiger partial charge is 0.306 e. The van der Waals surface area contributed by atoms with Gasteiger partial charge in [0, 0.05) is 19.3 Å². The average molecular weight is 851 g/mol. The Labute approximate surface area is 376 Å². The van der Waals surface area contributed by atoms with Crippen molar-refractivity contribution in [3.63, 3.8) is 0 Å². The molecule has 0 fully saturated rings. The molecular formula is C55H94O6. The van der Waals surface area contributed by atoms with E-state index >= 15 is 0 Å². The van der Waals surface area contributed by atoms with Gasteiger partial charge in [0.25, 0.3) is 0 Å². The van der Waals surface area contributed by atoms with Crippen LogP contribution in [-0.4, -0.2) is 37.2 Å². The molecule has 0 spiro atoms. The van der Waals surface area contributed by atoms with Crippen LogP contribution in [0.1, 0.15) is 239 Å². The summed E-state index contributed by atoms with van der Waals surface area (Å²) in [6.45, 7) is 6.51. The number of ether oxygens (including phenoxy) is 3. The number of rotatable bonds is 45. The fourth-order valence-electron chi connectivity index (χ4n) is 6.78. The minimum Gasteiger partial charge on any atom is -0.462 e. The minimum absolute atomic E-state index is 0.103. The molecule has 0 N–H and O–H groups in total. The molecule has 0 amide bonds. The van der Waals surface area contributed by atoms with Crippen LogP contribution in [0.5, 0.6) is 0 Å². The van der Waals surface area contributed by atoms with E-state index in [-0.39, 0.29) is 37.5 Å². The Bertz CT molecular complexity index is 1160. The number of allylic oxidation sites excluding steroid dienone is 12. The van der Waals surface area contributed by atoms with Crippen molar-refractivity contribution in [3.8, 4) is 0 Å². The van der Waals surface area contributed by atoms with Crippen molar-refractivity contribution in [1.82, 2.24) is 0 Å². The van der Waals surface area contributed by atoms with E-state index in [9.17, 15) is 14.4 Å². The van der Waals surface area contributed by atoms with Gasteiger partial charge >= 0.3 is 17.9 Å². The lowest BCUT2D eigenvalue weighted by molar-refractivity contribution is -0.167. The van der Waals surface area contributed by atoms with Crippen LogP contribution in [0.15, 0.2) is 72.9 Å². The molecule has 0 saturated heterocycles. The third kappa shape index (κ3) is 47.7. The maximum atomic E-state index is 12.8. The molecule has 0 aliphatic heterocycles. The SMILES string of the molecule is CCCCC/C=C\C/C=C\C/C=C\C/C=C\CCCC(=O)OCC(COC(=O)CCCCCCC/C=C\CCCCC)OC(=O)CCCCC/C=C\CCCCCCCCC. The number of carbonyl (C=O) groups is 3. The van der Waals surface area contributed by atoms with Gasteiger partial charge in [0.1, 0.15) is 13.2 Å². The first kappa shape index (κ1) is 57.9. The topological polar surface area (TPSA) is 78.9 Å². The minimum atomic E-state index is -0.807. The molecule has 0 aliphatic carbocycles. The van der Waals surface area contributed by atoms with Crippen LogP contribution in [0.3, 0.4) is 0 Å². The van der Waals surface area contributed by atoms with Gasteiger partial charge in [-0.3, -0.25) is 14.4 Å². The summed E-state index contributed by atoms with van der Waals surface area (Å²) in [7, 11) is 0. The van der Waals surface area contributed by atoms with E-state index in [1.807, 2.05) is 0 Å². The molecule has 0 bridgehead atoms. The first-order valence-corrected chi connectivity index (χ1v) is 25.4. The van der Waals surface area contributed by atoms with Gasteiger partial charge in [-0.25, -0.2) is 0 Å². The summed E-state index contributed by atoms with van der Waals surface area (Å²) in [4.78, 5) is 37.9. The molecule has 0 heterocycles. The lowest BCUT2D eigenvalue weighted by Crippen LogP contribution is -2.30. The molecule has 350 valence electrons. The number of esters is 3. The van der Waals surface area contributed by atoms with Crippen LogP contribution in [0.2, 0.25) is 0 Å². The second-order valence-electron chi connectivity index (χ2n) is 16.7. The normalized spacial score (nSPS) is 12.6. The van der Waals surface area contributed by atoms with Crippen molar-refractivity contribution in [3.05, 3.63) is 72.9 Å². The molecule has 6 nitrogen and oxygen atoms in total. The molecule has 1 unspecified atom stereocenters. The highest BCUT2D eigenvalue weighted by Gasteiger charge is 2.19. The fourth-order valence-corrected chi connectivity index (χ4v) is 6.78. The van der Waals surface area contributed by atoms with Crippen LogP contribution >= 0.6 is 0 Å². The largest absolute Gasteiger partial charge is 0.462 e. The summed E-state index contributed by atoms with van der Waals surface area (Å²) in [5.41, 5.74) is 0. The second-order valence-corrected chi connectivity index (χ2v) is 16.7. The zero-order chi connectivity index (χ0) is 44.4. The predicted octanol–water partition coefficient (Wildman–Crippen LogP) is 16.6. The van der Waals surface area contributed by atoms with Crippen molar-refractivity contribution in [2.75, 3.05) is 13.2 Å². The van der Waals surface area contributed by atoms with Crippen molar-refractivity contribution in [2.24, 2.45) is 0 Å². The van der Waals surface area contributed by atoms with Gasteiger partial charge in [-0.15, -0.1) is 0 Å². The van der Waals surface area contributed by atoms with Gasteiger partial charge in [0.15, 0.2) is 6.10 Å². The molecule has 0 aromatic carbocycles. The lowest BCUT2D eigenvalue weighted by Gasteiger charge is -2.18.